The lowest BCUT2D eigenvalue weighted by molar-refractivity contribution is -0.136. The van der Waals surface area contributed by atoms with Crippen LogP contribution >= 0.6 is 0 Å². The van der Waals surface area contributed by atoms with Crippen molar-refractivity contribution in [2.75, 3.05) is 19.7 Å². The third-order valence-corrected chi connectivity index (χ3v) is 6.05. The standard InChI is InChI=1S/C25H30N2O3/c1-2-30-22-12-10-19(11-13-22)23(18-6-4-3-5-7-18)26-24(28)20-14-16-27(17-15-20)25(29)21-8-9-21/h3-7,10-13,20-21,23H,2,8-9,14-17H2,1H3,(H,26,28). The van der Waals surface area contributed by atoms with Crippen LogP contribution in [0, 0.1) is 11.8 Å². The number of carbonyl (C=O) groups is 2. The Hall–Kier alpha value is -2.82. The van der Waals surface area contributed by atoms with Crippen molar-refractivity contribution in [2.45, 2.75) is 38.6 Å². The van der Waals surface area contributed by atoms with Crippen LogP contribution in [0.5, 0.6) is 5.75 Å². The summed E-state index contributed by atoms with van der Waals surface area (Å²) in [6.45, 7) is 3.96. The minimum atomic E-state index is -0.208. The van der Waals surface area contributed by atoms with Crippen molar-refractivity contribution < 1.29 is 14.3 Å². The van der Waals surface area contributed by atoms with Gasteiger partial charge in [0.25, 0.3) is 0 Å². The first-order valence-corrected chi connectivity index (χ1v) is 11.0. The van der Waals surface area contributed by atoms with Crippen LogP contribution in [0.4, 0.5) is 0 Å². The molecule has 1 heterocycles. The van der Waals surface area contributed by atoms with Crippen molar-refractivity contribution in [3.8, 4) is 5.75 Å². The molecule has 5 nitrogen and oxygen atoms in total. The van der Waals surface area contributed by atoms with Crippen LogP contribution in [0.3, 0.4) is 0 Å². The first-order chi connectivity index (χ1) is 14.7. The number of ether oxygens (including phenoxy) is 1. The summed E-state index contributed by atoms with van der Waals surface area (Å²) in [5.41, 5.74) is 2.08. The van der Waals surface area contributed by atoms with E-state index in [2.05, 4.69) is 5.32 Å². The molecule has 0 bridgehead atoms. The van der Waals surface area contributed by atoms with Crippen LogP contribution in [0.25, 0.3) is 0 Å². The summed E-state index contributed by atoms with van der Waals surface area (Å²) in [4.78, 5) is 27.3. The molecule has 158 valence electrons. The van der Waals surface area contributed by atoms with Gasteiger partial charge in [-0.2, -0.15) is 0 Å². The van der Waals surface area contributed by atoms with E-state index in [0.717, 1.165) is 42.6 Å². The lowest BCUT2D eigenvalue weighted by Gasteiger charge is -2.32. The molecule has 0 spiro atoms. The Balaban J connectivity index is 1.44. The van der Waals surface area contributed by atoms with Crippen LogP contribution < -0.4 is 10.1 Å². The molecule has 1 aliphatic carbocycles. The second-order valence-electron chi connectivity index (χ2n) is 8.23. The smallest absolute Gasteiger partial charge is 0.225 e. The first kappa shape index (κ1) is 20.5. The highest BCUT2D eigenvalue weighted by atomic mass is 16.5. The Morgan fingerprint density at radius 3 is 2.17 bits per heavy atom. The summed E-state index contributed by atoms with van der Waals surface area (Å²) in [6, 6.07) is 17.8. The van der Waals surface area contributed by atoms with Gasteiger partial charge >= 0.3 is 0 Å². The molecular weight excluding hydrogens is 376 g/mol. The minimum Gasteiger partial charge on any atom is -0.494 e. The molecule has 4 rings (SSSR count). The second kappa shape index (κ2) is 9.33. The molecule has 2 aliphatic rings. The molecule has 5 heteroatoms. The maximum Gasteiger partial charge on any atom is 0.225 e. The Labute approximate surface area is 178 Å². The molecule has 1 aliphatic heterocycles. The van der Waals surface area contributed by atoms with Crippen molar-refractivity contribution >= 4 is 11.8 Å². The van der Waals surface area contributed by atoms with Crippen molar-refractivity contribution in [1.82, 2.24) is 10.2 Å². The van der Waals surface area contributed by atoms with Crippen LogP contribution in [0.2, 0.25) is 0 Å². The van der Waals surface area contributed by atoms with E-state index in [1.165, 1.54) is 0 Å². The van der Waals surface area contributed by atoms with Crippen molar-refractivity contribution in [3.63, 3.8) is 0 Å². The van der Waals surface area contributed by atoms with E-state index in [1.807, 2.05) is 66.4 Å². The number of carbonyl (C=O) groups excluding carboxylic acids is 2. The zero-order chi connectivity index (χ0) is 20.9. The SMILES string of the molecule is CCOc1ccc(C(NC(=O)C2CCN(C(=O)C3CC3)CC2)c2ccccc2)cc1. The molecule has 1 saturated carbocycles. The van der Waals surface area contributed by atoms with E-state index < -0.39 is 0 Å². The summed E-state index contributed by atoms with van der Waals surface area (Å²) in [5.74, 6) is 1.37. The van der Waals surface area contributed by atoms with E-state index in [0.29, 0.717) is 19.7 Å². The molecule has 30 heavy (non-hydrogen) atoms. The maximum absolute atomic E-state index is 13.1. The van der Waals surface area contributed by atoms with E-state index >= 15 is 0 Å². The summed E-state index contributed by atoms with van der Waals surface area (Å²) in [7, 11) is 0. The molecule has 0 radical (unpaired) electrons. The molecule has 2 fully saturated rings. The van der Waals surface area contributed by atoms with Crippen LogP contribution in [-0.4, -0.2) is 36.4 Å². The van der Waals surface area contributed by atoms with Gasteiger partial charge in [0.05, 0.1) is 12.6 Å². The molecule has 2 amide bonds. The van der Waals surface area contributed by atoms with Gasteiger partial charge in [-0.15, -0.1) is 0 Å². The zero-order valence-electron chi connectivity index (χ0n) is 17.5. The number of nitrogens with one attached hydrogen (secondary N) is 1. The fourth-order valence-electron chi connectivity index (χ4n) is 4.14. The highest BCUT2D eigenvalue weighted by molar-refractivity contribution is 5.82. The second-order valence-corrected chi connectivity index (χ2v) is 8.23. The zero-order valence-corrected chi connectivity index (χ0v) is 17.5. The molecule has 1 atom stereocenters. The van der Waals surface area contributed by atoms with Crippen molar-refractivity contribution in [3.05, 3.63) is 65.7 Å². The number of hydrogen-bond acceptors (Lipinski definition) is 3. The highest BCUT2D eigenvalue weighted by Crippen LogP contribution is 2.33. The number of benzene rings is 2. The fourth-order valence-corrected chi connectivity index (χ4v) is 4.14. The van der Waals surface area contributed by atoms with E-state index in [1.54, 1.807) is 0 Å². The molecule has 2 aromatic carbocycles. The van der Waals surface area contributed by atoms with Gasteiger partial charge < -0.3 is 15.0 Å². The van der Waals surface area contributed by atoms with Gasteiger partial charge in [-0.25, -0.2) is 0 Å². The Bertz CT molecular complexity index is 854. The van der Waals surface area contributed by atoms with Gasteiger partial charge in [0, 0.05) is 24.9 Å². The molecule has 1 N–H and O–H groups in total. The van der Waals surface area contributed by atoms with Crippen molar-refractivity contribution in [1.29, 1.82) is 0 Å². The molecule has 1 saturated heterocycles. The third kappa shape index (κ3) is 4.84. The van der Waals surface area contributed by atoms with Crippen molar-refractivity contribution in [2.24, 2.45) is 11.8 Å². The number of rotatable bonds is 7. The number of hydrogen-bond donors (Lipinski definition) is 1. The van der Waals surface area contributed by atoms with Crippen LogP contribution in [0.15, 0.2) is 54.6 Å². The average molecular weight is 407 g/mol. The Morgan fingerprint density at radius 1 is 0.933 bits per heavy atom. The number of nitrogens with zero attached hydrogens (tertiary/aromatic N) is 1. The summed E-state index contributed by atoms with van der Waals surface area (Å²) < 4.78 is 5.55. The van der Waals surface area contributed by atoms with Crippen LogP contribution in [0.1, 0.15) is 49.8 Å². The lowest BCUT2D eigenvalue weighted by atomic mass is 9.93. The first-order valence-electron chi connectivity index (χ1n) is 11.0. The topological polar surface area (TPSA) is 58.6 Å². The van der Waals surface area contributed by atoms with E-state index in [-0.39, 0.29) is 29.7 Å². The van der Waals surface area contributed by atoms with Gasteiger partial charge in [0.2, 0.25) is 11.8 Å². The highest BCUT2D eigenvalue weighted by Gasteiger charge is 2.36. The lowest BCUT2D eigenvalue weighted by Crippen LogP contribution is -2.44. The fraction of sp³-hybridized carbons (Fsp3) is 0.440. The molecule has 1 unspecified atom stereocenters. The van der Waals surface area contributed by atoms with Gasteiger partial charge in [-0.3, -0.25) is 9.59 Å². The molecular formula is C25H30N2O3. The summed E-state index contributed by atoms with van der Waals surface area (Å²) >= 11 is 0. The van der Waals surface area contributed by atoms with Gasteiger partial charge in [-0.05, 0) is 55.9 Å². The minimum absolute atomic E-state index is 0.0536. The maximum atomic E-state index is 13.1. The number of likely N-dealkylation sites (tertiary alicyclic amines) is 1. The average Bonchev–Trinajstić information content (AvgIpc) is 3.64. The number of piperidine rings is 1. The Kier molecular flexibility index (Phi) is 6.36. The normalized spacial score (nSPS) is 18.0. The van der Waals surface area contributed by atoms with Gasteiger partial charge in [0.15, 0.2) is 0 Å². The predicted molar refractivity (Wildman–Crippen MR) is 116 cm³/mol. The molecule has 2 aromatic rings. The van der Waals surface area contributed by atoms with E-state index in [9.17, 15) is 9.59 Å². The van der Waals surface area contributed by atoms with E-state index in [4.69, 9.17) is 4.74 Å². The van der Waals surface area contributed by atoms with Crippen LogP contribution in [-0.2, 0) is 9.59 Å². The summed E-state index contributed by atoms with van der Waals surface area (Å²) in [5, 5.41) is 3.27. The quantitative estimate of drug-likeness (QED) is 0.758. The van der Waals surface area contributed by atoms with Gasteiger partial charge in [0.1, 0.15) is 5.75 Å². The largest absolute Gasteiger partial charge is 0.494 e. The Morgan fingerprint density at radius 2 is 1.57 bits per heavy atom. The monoisotopic (exact) mass is 406 g/mol. The molecule has 0 aromatic heterocycles. The van der Waals surface area contributed by atoms with Gasteiger partial charge in [-0.1, -0.05) is 42.5 Å². The summed E-state index contributed by atoms with van der Waals surface area (Å²) in [6.07, 6.45) is 3.52. The third-order valence-electron chi connectivity index (χ3n) is 6.05. The number of amides is 2. The predicted octanol–water partition coefficient (Wildman–Crippen LogP) is 3.94.